The Kier molecular flexibility index (Phi) is 6.50. The van der Waals surface area contributed by atoms with E-state index in [-0.39, 0.29) is 12.5 Å². The van der Waals surface area contributed by atoms with Gasteiger partial charge in [-0.15, -0.1) is 0 Å². The van der Waals surface area contributed by atoms with E-state index in [0.29, 0.717) is 38.9 Å². The molecule has 0 atom stereocenters. The summed E-state index contributed by atoms with van der Waals surface area (Å²) in [6, 6.07) is 13.0. The Labute approximate surface area is 181 Å². The van der Waals surface area contributed by atoms with Gasteiger partial charge in [-0.3, -0.25) is 14.5 Å². The van der Waals surface area contributed by atoms with Gasteiger partial charge in [0.05, 0.1) is 18.1 Å². The van der Waals surface area contributed by atoms with Crippen molar-refractivity contribution in [3.63, 3.8) is 0 Å². The maximum Gasteiger partial charge on any atom is 0.276 e. The standard InChI is InChI=1S/C20H18BrN3O4S/c1-27-16-9-13(7-14(21)18(16)28-11-17(22)25)8-15-19(26)24(20(29)23-15)10-12-5-3-2-4-6-12/h2-9H,10-11H2,1H3,(H2,22,25)(H,23,29)/b15-8+. The molecule has 1 aliphatic rings. The summed E-state index contributed by atoms with van der Waals surface area (Å²) < 4.78 is 11.3. The van der Waals surface area contributed by atoms with Gasteiger partial charge < -0.3 is 20.5 Å². The SMILES string of the molecule is COc1cc(/C=C2/NC(=S)N(Cc3ccccc3)C2=O)cc(Br)c1OCC(N)=O. The van der Waals surface area contributed by atoms with Gasteiger partial charge in [0.1, 0.15) is 5.70 Å². The number of carbonyl (C=O) groups excluding carboxylic acids is 2. The number of nitrogens with two attached hydrogens (primary N) is 1. The Balaban J connectivity index is 1.84. The van der Waals surface area contributed by atoms with E-state index < -0.39 is 5.91 Å². The molecule has 0 saturated carbocycles. The van der Waals surface area contributed by atoms with Crippen molar-refractivity contribution < 1.29 is 19.1 Å². The number of nitrogens with zero attached hydrogens (tertiary/aromatic N) is 1. The number of rotatable bonds is 7. The highest BCUT2D eigenvalue weighted by atomic mass is 79.9. The van der Waals surface area contributed by atoms with E-state index >= 15 is 0 Å². The Morgan fingerprint density at radius 1 is 1.31 bits per heavy atom. The van der Waals surface area contributed by atoms with Crippen LogP contribution in [0.5, 0.6) is 11.5 Å². The average Bonchev–Trinajstić information content (AvgIpc) is 2.94. The van der Waals surface area contributed by atoms with Gasteiger partial charge in [-0.25, -0.2) is 0 Å². The van der Waals surface area contributed by atoms with Crippen LogP contribution in [-0.4, -0.2) is 35.5 Å². The molecule has 1 heterocycles. The maximum atomic E-state index is 12.8. The fraction of sp³-hybridized carbons (Fsp3) is 0.150. The third kappa shape index (κ3) is 4.93. The third-order valence-electron chi connectivity index (χ3n) is 4.07. The molecule has 0 radical (unpaired) electrons. The molecule has 150 valence electrons. The smallest absolute Gasteiger partial charge is 0.276 e. The zero-order valence-corrected chi connectivity index (χ0v) is 17.9. The lowest BCUT2D eigenvalue weighted by atomic mass is 10.1. The van der Waals surface area contributed by atoms with E-state index in [9.17, 15) is 9.59 Å². The molecule has 3 rings (SSSR count). The minimum atomic E-state index is -0.599. The fourth-order valence-electron chi connectivity index (χ4n) is 2.75. The minimum Gasteiger partial charge on any atom is -0.493 e. The number of thiocarbonyl (C=S) groups is 1. The van der Waals surface area contributed by atoms with Crippen molar-refractivity contribution >= 4 is 51.2 Å². The number of primary amides is 1. The number of benzene rings is 2. The second-order valence-corrected chi connectivity index (χ2v) is 7.40. The van der Waals surface area contributed by atoms with E-state index in [0.717, 1.165) is 5.56 Å². The first-order chi connectivity index (χ1) is 13.9. The molecule has 2 amide bonds. The molecule has 1 aliphatic heterocycles. The van der Waals surface area contributed by atoms with Crippen LogP contribution in [0, 0.1) is 0 Å². The van der Waals surface area contributed by atoms with Crippen molar-refractivity contribution in [2.75, 3.05) is 13.7 Å². The summed E-state index contributed by atoms with van der Waals surface area (Å²) in [5.41, 5.74) is 7.14. The van der Waals surface area contributed by atoms with Gasteiger partial charge in [0, 0.05) is 0 Å². The van der Waals surface area contributed by atoms with Crippen LogP contribution in [0.15, 0.2) is 52.6 Å². The van der Waals surface area contributed by atoms with Gasteiger partial charge in [-0.1, -0.05) is 30.3 Å². The highest BCUT2D eigenvalue weighted by Crippen LogP contribution is 2.37. The first kappa shape index (κ1) is 20.8. The normalized spacial score (nSPS) is 14.8. The second-order valence-electron chi connectivity index (χ2n) is 6.15. The van der Waals surface area contributed by atoms with Gasteiger partial charge in [0.25, 0.3) is 11.8 Å². The molecular weight excluding hydrogens is 458 g/mol. The molecule has 1 fully saturated rings. The number of nitrogens with one attached hydrogen (secondary N) is 1. The van der Waals surface area contributed by atoms with Crippen LogP contribution in [0.4, 0.5) is 0 Å². The van der Waals surface area contributed by atoms with Gasteiger partial charge in [0.2, 0.25) is 0 Å². The number of hydrogen-bond acceptors (Lipinski definition) is 5. The number of halogens is 1. The largest absolute Gasteiger partial charge is 0.493 e. The van der Waals surface area contributed by atoms with Crippen molar-refractivity contribution in [3.8, 4) is 11.5 Å². The molecular formula is C20H18BrN3O4S. The highest BCUT2D eigenvalue weighted by molar-refractivity contribution is 9.10. The van der Waals surface area contributed by atoms with Crippen molar-refractivity contribution in [3.05, 3.63) is 63.8 Å². The van der Waals surface area contributed by atoms with Crippen molar-refractivity contribution in [1.29, 1.82) is 0 Å². The zero-order chi connectivity index (χ0) is 21.0. The molecule has 7 nitrogen and oxygen atoms in total. The van der Waals surface area contributed by atoms with Gasteiger partial charge in [-0.05, 0) is 57.5 Å². The monoisotopic (exact) mass is 475 g/mol. The van der Waals surface area contributed by atoms with Crippen LogP contribution in [0.3, 0.4) is 0 Å². The quantitative estimate of drug-likeness (QED) is 0.472. The van der Waals surface area contributed by atoms with Crippen LogP contribution >= 0.6 is 28.1 Å². The van der Waals surface area contributed by atoms with Crippen LogP contribution in [0.1, 0.15) is 11.1 Å². The predicted molar refractivity (Wildman–Crippen MR) is 116 cm³/mol. The number of carbonyl (C=O) groups is 2. The lowest BCUT2D eigenvalue weighted by Crippen LogP contribution is -2.29. The molecule has 2 aromatic carbocycles. The van der Waals surface area contributed by atoms with E-state index in [1.54, 1.807) is 18.2 Å². The number of ether oxygens (including phenoxy) is 2. The van der Waals surface area contributed by atoms with Crippen LogP contribution in [-0.2, 0) is 16.1 Å². The van der Waals surface area contributed by atoms with E-state index in [1.807, 2.05) is 30.3 Å². The molecule has 3 N–H and O–H groups in total. The summed E-state index contributed by atoms with van der Waals surface area (Å²) >= 11 is 8.71. The topological polar surface area (TPSA) is 93.9 Å². The van der Waals surface area contributed by atoms with Crippen molar-refractivity contribution in [2.24, 2.45) is 5.73 Å². The Morgan fingerprint density at radius 3 is 2.69 bits per heavy atom. The molecule has 1 saturated heterocycles. The van der Waals surface area contributed by atoms with Gasteiger partial charge in [0.15, 0.2) is 23.2 Å². The lowest BCUT2D eigenvalue weighted by Gasteiger charge is -2.13. The molecule has 2 aromatic rings. The number of methoxy groups -OCH3 is 1. The Hall–Kier alpha value is -2.91. The maximum absolute atomic E-state index is 12.8. The molecule has 0 spiro atoms. The molecule has 0 unspecified atom stereocenters. The summed E-state index contributed by atoms with van der Waals surface area (Å²) in [5, 5.41) is 3.30. The Morgan fingerprint density at radius 2 is 2.03 bits per heavy atom. The summed E-state index contributed by atoms with van der Waals surface area (Å²) in [7, 11) is 1.48. The molecule has 0 aliphatic carbocycles. The number of hydrogen-bond donors (Lipinski definition) is 2. The molecule has 0 aromatic heterocycles. The average molecular weight is 476 g/mol. The first-order valence-electron chi connectivity index (χ1n) is 8.56. The van der Waals surface area contributed by atoms with Crippen LogP contribution in [0.2, 0.25) is 0 Å². The molecule has 29 heavy (non-hydrogen) atoms. The summed E-state index contributed by atoms with van der Waals surface area (Å²) in [4.78, 5) is 25.3. The summed E-state index contributed by atoms with van der Waals surface area (Å²) in [6.45, 7) is 0.105. The second kappa shape index (κ2) is 9.06. The highest BCUT2D eigenvalue weighted by Gasteiger charge is 2.30. The van der Waals surface area contributed by atoms with Gasteiger partial charge in [-0.2, -0.15) is 0 Å². The zero-order valence-electron chi connectivity index (χ0n) is 15.5. The van der Waals surface area contributed by atoms with E-state index in [2.05, 4.69) is 21.2 Å². The lowest BCUT2D eigenvalue weighted by molar-refractivity contribution is -0.122. The van der Waals surface area contributed by atoms with E-state index in [1.165, 1.54) is 12.0 Å². The van der Waals surface area contributed by atoms with Gasteiger partial charge >= 0.3 is 0 Å². The summed E-state index contributed by atoms with van der Waals surface area (Å²) in [6.07, 6.45) is 1.67. The van der Waals surface area contributed by atoms with Crippen molar-refractivity contribution in [1.82, 2.24) is 10.2 Å². The molecule has 9 heteroatoms. The predicted octanol–water partition coefficient (Wildman–Crippen LogP) is 2.58. The third-order valence-corrected chi connectivity index (χ3v) is 4.98. The fourth-order valence-corrected chi connectivity index (χ4v) is 3.59. The first-order valence-corrected chi connectivity index (χ1v) is 9.76. The minimum absolute atomic E-state index is 0.219. The molecule has 0 bridgehead atoms. The summed E-state index contributed by atoms with van der Waals surface area (Å²) in [5.74, 6) is -0.0806. The van der Waals surface area contributed by atoms with E-state index in [4.69, 9.17) is 27.4 Å². The van der Waals surface area contributed by atoms with Crippen LogP contribution < -0.4 is 20.5 Å². The van der Waals surface area contributed by atoms with Crippen molar-refractivity contribution in [2.45, 2.75) is 6.54 Å². The Bertz CT molecular complexity index is 995. The number of amides is 2. The van der Waals surface area contributed by atoms with Crippen LogP contribution in [0.25, 0.3) is 6.08 Å².